The number of hydrogen-bond acceptors (Lipinski definition) is 4. The summed E-state index contributed by atoms with van der Waals surface area (Å²) in [5.41, 5.74) is 7.46. The number of para-hydroxylation sites is 1. The van der Waals surface area contributed by atoms with Crippen LogP contribution in [0.25, 0.3) is 65.9 Å². The zero-order chi connectivity index (χ0) is 28.3. The molecule has 6 aromatic carbocycles. The molecule has 9 rings (SSSR count). The first-order valence-electron chi connectivity index (χ1n) is 14.4. The molecule has 3 aromatic heterocycles. The van der Waals surface area contributed by atoms with Crippen molar-refractivity contribution in [2.45, 2.75) is 0 Å². The number of hydrogen-bond donors (Lipinski definition) is 0. The Labute approximate surface area is 247 Å². The van der Waals surface area contributed by atoms with Gasteiger partial charge in [-0.05, 0) is 65.0 Å². The van der Waals surface area contributed by atoms with Gasteiger partial charge in [0.05, 0.1) is 5.69 Å². The lowest BCUT2D eigenvalue weighted by atomic mass is 10.0. The number of anilines is 3. The van der Waals surface area contributed by atoms with Gasteiger partial charge in [-0.25, -0.2) is 0 Å². The summed E-state index contributed by atoms with van der Waals surface area (Å²) in [6, 6.07) is 50.3. The third-order valence-electron chi connectivity index (χ3n) is 8.30. The number of nitrogens with zero attached hydrogens (tertiary/aromatic N) is 2. The van der Waals surface area contributed by atoms with E-state index in [-0.39, 0.29) is 0 Å². The Kier molecular flexibility index (Phi) is 5.16. The van der Waals surface area contributed by atoms with Gasteiger partial charge < -0.3 is 8.83 Å². The summed E-state index contributed by atoms with van der Waals surface area (Å²) in [6.45, 7) is 0. The summed E-state index contributed by atoms with van der Waals surface area (Å²) in [4.78, 5) is 7.26. The summed E-state index contributed by atoms with van der Waals surface area (Å²) in [5, 5.41) is 6.49. The molecule has 0 N–H and O–H groups in total. The predicted molar refractivity (Wildman–Crippen MR) is 176 cm³/mol. The average Bonchev–Trinajstić information content (AvgIpc) is 3.63. The zero-order valence-electron chi connectivity index (χ0n) is 23.1. The van der Waals surface area contributed by atoms with E-state index >= 15 is 0 Å². The van der Waals surface area contributed by atoms with Crippen molar-refractivity contribution in [2.24, 2.45) is 0 Å². The minimum Gasteiger partial charge on any atom is -0.456 e. The molecule has 0 saturated carbocycles. The standard InChI is InChI=1S/C39H24N2O2/c1-2-8-25(9-3-1)26-14-17-28(18-15-26)41(29-19-21-32-31-12-6-7-13-35(31)42-36(32)24-29)37-23-22-34-33-20-16-27-10-4-5-11-30(27)38(33)43-39(34)40-37/h1-24H. The van der Waals surface area contributed by atoms with Crippen LogP contribution in [0.2, 0.25) is 0 Å². The maximum absolute atomic E-state index is 6.46. The highest BCUT2D eigenvalue weighted by atomic mass is 16.3. The molecule has 0 unspecified atom stereocenters. The minimum absolute atomic E-state index is 0.611. The Morgan fingerprint density at radius 2 is 1.12 bits per heavy atom. The lowest BCUT2D eigenvalue weighted by Crippen LogP contribution is -2.11. The van der Waals surface area contributed by atoms with Crippen molar-refractivity contribution in [1.29, 1.82) is 0 Å². The predicted octanol–water partition coefficient (Wildman–Crippen LogP) is 11.2. The van der Waals surface area contributed by atoms with Crippen molar-refractivity contribution >= 4 is 72.0 Å². The Bertz CT molecular complexity index is 2450. The number of furan rings is 2. The van der Waals surface area contributed by atoms with Crippen LogP contribution in [-0.4, -0.2) is 4.98 Å². The van der Waals surface area contributed by atoms with Gasteiger partial charge in [0, 0.05) is 38.7 Å². The molecule has 0 bridgehead atoms. The molecule has 0 atom stereocenters. The van der Waals surface area contributed by atoms with Crippen LogP contribution in [-0.2, 0) is 0 Å². The highest BCUT2D eigenvalue weighted by molar-refractivity contribution is 6.14. The molecule has 202 valence electrons. The van der Waals surface area contributed by atoms with E-state index in [1.165, 1.54) is 5.56 Å². The molecule has 0 aliphatic carbocycles. The van der Waals surface area contributed by atoms with E-state index in [9.17, 15) is 0 Å². The van der Waals surface area contributed by atoms with Crippen LogP contribution in [0.3, 0.4) is 0 Å². The second kappa shape index (κ2) is 9.33. The summed E-state index contributed by atoms with van der Waals surface area (Å²) in [5.74, 6) is 0.763. The molecule has 0 spiro atoms. The highest BCUT2D eigenvalue weighted by Gasteiger charge is 2.19. The van der Waals surface area contributed by atoms with E-state index in [0.717, 1.165) is 71.8 Å². The first kappa shape index (κ1) is 23.8. The van der Waals surface area contributed by atoms with Crippen molar-refractivity contribution in [3.05, 3.63) is 146 Å². The van der Waals surface area contributed by atoms with Crippen molar-refractivity contribution in [3.8, 4) is 11.1 Å². The zero-order valence-corrected chi connectivity index (χ0v) is 23.1. The largest absolute Gasteiger partial charge is 0.456 e. The minimum atomic E-state index is 0.611. The van der Waals surface area contributed by atoms with Crippen LogP contribution in [0.15, 0.2) is 154 Å². The Morgan fingerprint density at radius 1 is 0.442 bits per heavy atom. The maximum Gasteiger partial charge on any atom is 0.229 e. The quantitative estimate of drug-likeness (QED) is 0.218. The van der Waals surface area contributed by atoms with E-state index in [1.807, 2.05) is 36.4 Å². The Balaban J connectivity index is 1.23. The number of fused-ring (bicyclic) bond motifs is 8. The van der Waals surface area contributed by atoms with Crippen molar-refractivity contribution < 1.29 is 8.83 Å². The molecular weight excluding hydrogens is 528 g/mol. The van der Waals surface area contributed by atoms with E-state index in [0.29, 0.717) is 5.71 Å². The lowest BCUT2D eigenvalue weighted by Gasteiger charge is -2.24. The maximum atomic E-state index is 6.46. The fourth-order valence-corrected chi connectivity index (χ4v) is 6.20. The molecule has 0 fully saturated rings. The van der Waals surface area contributed by atoms with Gasteiger partial charge in [-0.15, -0.1) is 0 Å². The summed E-state index contributed by atoms with van der Waals surface area (Å²) in [7, 11) is 0. The molecule has 0 aliphatic heterocycles. The van der Waals surface area contributed by atoms with Crippen LogP contribution in [0, 0.1) is 0 Å². The van der Waals surface area contributed by atoms with E-state index in [4.69, 9.17) is 13.8 Å². The Morgan fingerprint density at radius 3 is 2.00 bits per heavy atom. The second-order valence-electron chi connectivity index (χ2n) is 10.8. The average molecular weight is 553 g/mol. The molecule has 0 saturated heterocycles. The number of benzene rings is 6. The molecule has 9 aromatic rings. The molecule has 43 heavy (non-hydrogen) atoms. The van der Waals surface area contributed by atoms with Crippen LogP contribution in [0.4, 0.5) is 17.2 Å². The molecular formula is C39H24N2O2. The molecule has 0 amide bonds. The topological polar surface area (TPSA) is 42.4 Å². The summed E-state index contributed by atoms with van der Waals surface area (Å²) < 4.78 is 12.7. The van der Waals surface area contributed by atoms with E-state index in [1.54, 1.807) is 0 Å². The molecule has 4 heteroatoms. The summed E-state index contributed by atoms with van der Waals surface area (Å²) in [6.07, 6.45) is 0. The highest BCUT2D eigenvalue weighted by Crippen LogP contribution is 2.40. The third kappa shape index (κ3) is 3.81. The van der Waals surface area contributed by atoms with Gasteiger partial charge in [0.2, 0.25) is 5.71 Å². The van der Waals surface area contributed by atoms with Crippen molar-refractivity contribution in [3.63, 3.8) is 0 Å². The van der Waals surface area contributed by atoms with Crippen molar-refractivity contribution in [2.75, 3.05) is 4.90 Å². The second-order valence-corrected chi connectivity index (χ2v) is 10.8. The van der Waals surface area contributed by atoms with Gasteiger partial charge in [0.1, 0.15) is 22.6 Å². The first-order chi connectivity index (χ1) is 21.3. The fraction of sp³-hybridized carbons (Fsp3) is 0. The van der Waals surface area contributed by atoms with Crippen LogP contribution in [0.5, 0.6) is 0 Å². The van der Waals surface area contributed by atoms with Gasteiger partial charge in [0.25, 0.3) is 0 Å². The summed E-state index contributed by atoms with van der Waals surface area (Å²) >= 11 is 0. The van der Waals surface area contributed by atoms with Crippen LogP contribution >= 0.6 is 0 Å². The molecule has 0 radical (unpaired) electrons. The van der Waals surface area contributed by atoms with Crippen molar-refractivity contribution in [1.82, 2.24) is 4.98 Å². The van der Waals surface area contributed by atoms with Gasteiger partial charge in [-0.2, -0.15) is 4.98 Å². The normalized spacial score (nSPS) is 11.7. The van der Waals surface area contributed by atoms with E-state index < -0.39 is 0 Å². The lowest BCUT2D eigenvalue weighted by molar-refractivity contribution is 0.658. The van der Waals surface area contributed by atoms with Gasteiger partial charge in [-0.3, -0.25) is 4.90 Å². The Hall–Kier alpha value is -5.87. The number of pyridine rings is 1. The molecule has 3 heterocycles. The van der Waals surface area contributed by atoms with E-state index in [2.05, 4.69) is 114 Å². The third-order valence-corrected chi connectivity index (χ3v) is 8.30. The van der Waals surface area contributed by atoms with Gasteiger partial charge in [-0.1, -0.05) is 91.0 Å². The molecule has 4 nitrogen and oxygen atoms in total. The van der Waals surface area contributed by atoms with Gasteiger partial charge >= 0.3 is 0 Å². The van der Waals surface area contributed by atoms with Crippen LogP contribution in [0.1, 0.15) is 0 Å². The SMILES string of the molecule is c1ccc(-c2ccc(N(c3ccc4c(c3)oc3ccccc34)c3ccc4c(n3)oc3c5ccccc5ccc43)cc2)cc1. The van der Waals surface area contributed by atoms with Gasteiger partial charge in [0.15, 0.2) is 0 Å². The monoisotopic (exact) mass is 552 g/mol. The fourth-order valence-electron chi connectivity index (χ4n) is 6.20. The first-order valence-corrected chi connectivity index (χ1v) is 14.4. The van der Waals surface area contributed by atoms with Crippen LogP contribution < -0.4 is 4.90 Å². The number of rotatable bonds is 4. The molecule has 0 aliphatic rings. The number of aromatic nitrogens is 1. The smallest absolute Gasteiger partial charge is 0.229 e.